The molecule has 0 saturated carbocycles. The Bertz CT molecular complexity index is 448. The Morgan fingerprint density at radius 2 is 2.06 bits per heavy atom. The van der Waals surface area contributed by atoms with E-state index in [1.54, 1.807) is 11.3 Å². The van der Waals surface area contributed by atoms with Crippen molar-refractivity contribution in [3.8, 4) is 0 Å². The van der Waals surface area contributed by atoms with Gasteiger partial charge in [0.2, 0.25) is 0 Å². The van der Waals surface area contributed by atoms with Gasteiger partial charge in [0.25, 0.3) is 0 Å². The topological polar surface area (TPSA) is 50.9 Å². The number of aryl methyl sites for hydroxylation is 1. The highest BCUT2D eigenvalue weighted by Gasteiger charge is 1.99. The molecule has 4 heteroatoms. The SMILES string of the molecule is Cc1ccc(CNc2ncc(CN)s2)cc1. The number of nitrogens with one attached hydrogen (secondary N) is 1. The van der Waals surface area contributed by atoms with Gasteiger partial charge in [0.1, 0.15) is 0 Å². The van der Waals surface area contributed by atoms with Gasteiger partial charge in [-0.2, -0.15) is 0 Å². The minimum atomic E-state index is 0.559. The van der Waals surface area contributed by atoms with Gasteiger partial charge in [-0.25, -0.2) is 4.98 Å². The molecule has 0 unspecified atom stereocenters. The molecule has 1 aromatic carbocycles. The van der Waals surface area contributed by atoms with E-state index in [1.165, 1.54) is 11.1 Å². The van der Waals surface area contributed by atoms with Crippen LogP contribution in [0, 0.1) is 6.92 Å². The summed E-state index contributed by atoms with van der Waals surface area (Å²) in [6, 6.07) is 8.48. The van der Waals surface area contributed by atoms with Crippen LogP contribution in [-0.2, 0) is 13.1 Å². The van der Waals surface area contributed by atoms with Gasteiger partial charge in [-0.05, 0) is 12.5 Å². The van der Waals surface area contributed by atoms with Gasteiger partial charge in [0.05, 0.1) is 0 Å². The van der Waals surface area contributed by atoms with Crippen LogP contribution in [0.3, 0.4) is 0 Å². The quantitative estimate of drug-likeness (QED) is 0.853. The zero-order chi connectivity index (χ0) is 11.4. The molecule has 3 nitrogen and oxygen atoms in total. The minimum Gasteiger partial charge on any atom is -0.357 e. The van der Waals surface area contributed by atoms with E-state index < -0.39 is 0 Å². The molecular formula is C12H15N3S. The second-order valence-electron chi connectivity index (χ2n) is 3.68. The second kappa shape index (κ2) is 5.09. The maximum atomic E-state index is 5.53. The summed E-state index contributed by atoms with van der Waals surface area (Å²) in [4.78, 5) is 5.35. The molecule has 2 aromatic rings. The van der Waals surface area contributed by atoms with E-state index in [2.05, 4.69) is 41.5 Å². The van der Waals surface area contributed by atoms with Crippen molar-refractivity contribution in [2.45, 2.75) is 20.0 Å². The summed E-state index contributed by atoms with van der Waals surface area (Å²) in [5.41, 5.74) is 8.07. The predicted molar refractivity (Wildman–Crippen MR) is 68.5 cm³/mol. The summed E-state index contributed by atoms with van der Waals surface area (Å²) >= 11 is 1.61. The van der Waals surface area contributed by atoms with Crippen LogP contribution in [0.15, 0.2) is 30.5 Å². The van der Waals surface area contributed by atoms with Gasteiger partial charge in [0.15, 0.2) is 5.13 Å². The molecule has 2 rings (SSSR count). The smallest absolute Gasteiger partial charge is 0.183 e. The van der Waals surface area contributed by atoms with E-state index in [0.29, 0.717) is 6.54 Å². The van der Waals surface area contributed by atoms with E-state index in [0.717, 1.165) is 16.6 Å². The van der Waals surface area contributed by atoms with Gasteiger partial charge in [-0.3, -0.25) is 0 Å². The molecule has 0 fully saturated rings. The number of hydrogen-bond acceptors (Lipinski definition) is 4. The third-order valence-electron chi connectivity index (χ3n) is 2.32. The summed E-state index contributed by atoms with van der Waals surface area (Å²) < 4.78 is 0. The van der Waals surface area contributed by atoms with Crippen molar-refractivity contribution in [3.05, 3.63) is 46.5 Å². The van der Waals surface area contributed by atoms with Crippen molar-refractivity contribution in [2.24, 2.45) is 5.73 Å². The lowest BCUT2D eigenvalue weighted by atomic mass is 10.1. The fourth-order valence-electron chi connectivity index (χ4n) is 1.37. The van der Waals surface area contributed by atoms with E-state index in [1.807, 2.05) is 6.20 Å². The van der Waals surface area contributed by atoms with Crippen LogP contribution < -0.4 is 11.1 Å². The number of anilines is 1. The molecule has 0 aliphatic heterocycles. The van der Waals surface area contributed by atoms with Crippen LogP contribution in [0.5, 0.6) is 0 Å². The Hall–Kier alpha value is -1.39. The standard InChI is InChI=1S/C12H15N3S/c1-9-2-4-10(5-3-9)7-14-12-15-8-11(6-13)16-12/h2-5,8H,6-7,13H2,1H3,(H,14,15). The molecule has 0 saturated heterocycles. The molecule has 0 atom stereocenters. The lowest BCUT2D eigenvalue weighted by molar-refractivity contribution is 1.09. The lowest BCUT2D eigenvalue weighted by Gasteiger charge is -2.02. The number of nitrogens with two attached hydrogens (primary N) is 1. The van der Waals surface area contributed by atoms with Crippen LogP contribution in [0.25, 0.3) is 0 Å². The summed E-state index contributed by atoms with van der Waals surface area (Å²) in [5, 5.41) is 4.22. The van der Waals surface area contributed by atoms with Crippen molar-refractivity contribution < 1.29 is 0 Å². The Labute approximate surface area is 99.3 Å². The van der Waals surface area contributed by atoms with Crippen LogP contribution in [0.2, 0.25) is 0 Å². The molecule has 0 aliphatic rings. The van der Waals surface area contributed by atoms with Crippen molar-refractivity contribution in [1.82, 2.24) is 4.98 Å². The molecule has 0 spiro atoms. The third-order valence-corrected chi connectivity index (χ3v) is 3.30. The average Bonchev–Trinajstić information content (AvgIpc) is 2.76. The van der Waals surface area contributed by atoms with Crippen molar-refractivity contribution in [1.29, 1.82) is 0 Å². The Balaban J connectivity index is 1.94. The molecule has 1 aromatic heterocycles. The normalized spacial score (nSPS) is 10.4. The first-order valence-corrected chi connectivity index (χ1v) is 6.04. The highest BCUT2D eigenvalue weighted by atomic mass is 32.1. The average molecular weight is 233 g/mol. The maximum Gasteiger partial charge on any atom is 0.183 e. The van der Waals surface area contributed by atoms with Gasteiger partial charge in [-0.1, -0.05) is 29.8 Å². The van der Waals surface area contributed by atoms with E-state index >= 15 is 0 Å². The van der Waals surface area contributed by atoms with Crippen LogP contribution >= 0.6 is 11.3 Å². The second-order valence-corrected chi connectivity index (χ2v) is 4.79. The Morgan fingerprint density at radius 1 is 1.31 bits per heavy atom. The molecule has 0 bridgehead atoms. The number of hydrogen-bond donors (Lipinski definition) is 2. The first kappa shape index (κ1) is 11.1. The number of thiazole rings is 1. The molecule has 16 heavy (non-hydrogen) atoms. The van der Waals surface area contributed by atoms with Crippen molar-refractivity contribution in [3.63, 3.8) is 0 Å². The van der Waals surface area contributed by atoms with E-state index in [4.69, 9.17) is 5.73 Å². The summed E-state index contributed by atoms with van der Waals surface area (Å²) in [6.07, 6.45) is 1.82. The third kappa shape index (κ3) is 2.81. The van der Waals surface area contributed by atoms with Crippen LogP contribution in [0.1, 0.15) is 16.0 Å². The highest BCUT2D eigenvalue weighted by molar-refractivity contribution is 7.15. The summed E-state index contributed by atoms with van der Waals surface area (Å²) in [7, 11) is 0. The Morgan fingerprint density at radius 3 is 2.69 bits per heavy atom. The van der Waals surface area contributed by atoms with Crippen LogP contribution in [-0.4, -0.2) is 4.98 Å². The van der Waals surface area contributed by atoms with E-state index in [-0.39, 0.29) is 0 Å². The Kier molecular flexibility index (Phi) is 3.54. The maximum absolute atomic E-state index is 5.53. The van der Waals surface area contributed by atoms with Gasteiger partial charge >= 0.3 is 0 Å². The number of rotatable bonds is 4. The molecular weight excluding hydrogens is 218 g/mol. The zero-order valence-corrected chi connectivity index (χ0v) is 10.1. The lowest BCUT2D eigenvalue weighted by Crippen LogP contribution is -1.98. The fraction of sp³-hybridized carbons (Fsp3) is 0.250. The van der Waals surface area contributed by atoms with Gasteiger partial charge < -0.3 is 11.1 Å². The zero-order valence-electron chi connectivity index (χ0n) is 9.23. The van der Waals surface area contributed by atoms with Gasteiger partial charge in [-0.15, -0.1) is 11.3 Å². The largest absolute Gasteiger partial charge is 0.357 e. The molecule has 1 heterocycles. The monoisotopic (exact) mass is 233 g/mol. The number of aromatic nitrogens is 1. The molecule has 3 N–H and O–H groups in total. The molecule has 0 amide bonds. The van der Waals surface area contributed by atoms with Crippen LogP contribution in [0.4, 0.5) is 5.13 Å². The fourth-order valence-corrected chi connectivity index (χ4v) is 2.05. The van der Waals surface area contributed by atoms with Crippen molar-refractivity contribution >= 4 is 16.5 Å². The van der Waals surface area contributed by atoms with Crippen molar-refractivity contribution in [2.75, 3.05) is 5.32 Å². The summed E-state index contributed by atoms with van der Waals surface area (Å²) in [6.45, 7) is 3.45. The van der Waals surface area contributed by atoms with E-state index in [9.17, 15) is 0 Å². The number of nitrogens with zero attached hydrogens (tertiary/aromatic N) is 1. The molecule has 84 valence electrons. The minimum absolute atomic E-state index is 0.559. The predicted octanol–water partition coefficient (Wildman–Crippen LogP) is 2.52. The van der Waals surface area contributed by atoms with Gasteiger partial charge in [0, 0.05) is 24.2 Å². The number of benzene rings is 1. The first-order valence-electron chi connectivity index (χ1n) is 5.22. The highest BCUT2D eigenvalue weighted by Crippen LogP contribution is 2.18. The molecule has 0 radical (unpaired) electrons. The summed E-state index contributed by atoms with van der Waals surface area (Å²) in [5.74, 6) is 0. The first-order chi connectivity index (χ1) is 7.78. The molecule has 0 aliphatic carbocycles.